The van der Waals surface area contributed by atoms with Gasteiger partial charge in [0, 0.05) is 0 Å². The Hall–Kier alpha value is -0.318. The SMILES string of the molecule is C[CH-]OC(F)(F)F.Cc1nc([C-]=N)cn1C.[U+2]. The number of hydrogen-bond acceptors (Lipinski definition) is 3. The Morgan fingerprint density at radius 3 is 2.18 bits per heavy atom. The quantitative estimate of drug-likeness (QED) is 0.530. The number of imidazole rings is 1. The fourth-order valence-corrected chi connectivity index (χ4v) is 0.753. The first-order chi connectivity index (χ1) is 7.30. The molecular formula is C9H12F3N3OU. The smallest absolute Gasteiger partial charge is 0.470 e. The Kier molecular flexibility index (Phi) is 9.77. The fourth-order valence-electron chi connectivity index (χ4n) is 0.753. The molecule has 1 N–H and O–H groups in total. The van der Waals surface area contributed by atoms with Crippen LogP contribution in [0.15, 0.2) is 6.20 Å². The van der Waals surface area contributed by atoms with Crippen LogP contribution >= 0.6 is 0 Å². The molecule has 1 aromatic heterocycles. The van der Waals surface area contributed by atoms with Crippen LogP contribution in [0.4, 0.5) is 13.2 Å². The van der Waals surface area contributed by atoms with Gasteiger partial charge in [0.2, 0.25) is 0 Å². The van der Waals surface area contributed by atoms with Crippen molar-refractivity contribution in [3.05, 3.63) is 24.3 Å². The zero-order valence-corrected chi connectivity index (χ0v) is 13.8. The molecule has 94 valence electrons. The number of nitrogens with one attached hydrogen (secondary N) is 1. The Bertz CT molecular complexity index is 319. The summed E-state index contributed by atoms with van der Waals surface area (Å²) in [4.78, 5) is 3.99. The minimum Gasteiger partial charge on any atom is -0.470 e. The van der Waals surface area contributed by atoms with E-state index < -0.39 is 6.36 Å². The van der Waals surface area contributed by atoms with Crippen molar-refractivity contribution in [1.82, 2.24) is 9.55 Å². The van der Waals surface area contributed by atoms with Crippen molar-refractivity contribution in [3.8, 4) is 0 Å². The molecule has 0 amide bonds. The number of aryl methyl sites for hydroxylation is 2. The van der Waals surface area contributed by atoms with Crippen LogP contribution in [0, 0.1) is 50.1 Å². The van der Waals surface area contributed by atoms with Crippen LogP contribution in [0.1, 0.15) is 18.4 Å². The second-order valence-electron chi connectivity index (χ2n) is 2.71. The molecule has 1 aromatic rings. The van der Waals surface area contributed by atoms with Crippen molar-refractivity contribution >= 4 is 6.21 Å². The minimum atomic E-state index is -4.51. The van der Waals surface area contributed by atoms with Gasteiger partial charge in [-0.2, -0.15) is 6.92 Å². The molecule has 4 nitrogen and oxygen atoms in total. The summed E-state index contributed by atoms with van der Waals surface area (Å²) in [7, 11) is 1.89. The predicted octanol–water partition coefficient (Wildman–Crippen LogP) is 2.31. The molecule has 1 rings (SSSR count). The molecule has 0 unspecified atom stereocenters. The van der Waals surface area contributed by atoms with Crippen molar-refractivity contribution < 1.29 is 49.0 Å². The van der Waals surface area contributed by atoms with E-state index in [0.29, 0.717) is 12.3 Å². The Balaban J connectivity index is 0. The van der Waals surface area contributed by atoms with Crippen molar-refractivity contribution in [1.29, 1.82) is 5.41 Å². The number of nitrogens with zero attached hydrogens (tertiary/aromatic N) is 2. The first-order valence-corrected chi connectivity index (χ1v) is 4.25. The standard InChI is InChI=1S/C6H8N3.C3H4F3O.U/c1-5-8-6(3-7)4-9(5)2;1-2-7-3(4,5)6;/h4,7H,1-2H3;2H,1H3;/q2*-1;+2. The van der Waals surface area contributed by atoms with Crippen molar-refractivity contribution in [2.75, 3.05) is 0 Å². The van der Waals surface area contributed by atoms with Gasteiger partial charge in [0.15, 0.2) is 0 Å². The maximum Gasteiger partial charge on any atom is 2.00 e. The van der Waals surface area contributed by atoms with Gasteiger partial charge in [-0.25, -0.2) is 6.61 Å². The second-order valence-corrected chi connectivity index (χ2v) is 2.71. The van der Waals surface area contributed by atoms with Crippen LogP contribution < -0.4 is 0 Å². The molecule has 0 spiro atoms. The third-order valence-electron chi connectivity index (χ3n) is 1.49. The maximum absolute atomic E-state index is 10.8. The number of alkyl halides is 3. The molecule has 1 heterocycles. The molecule has 8 heteroatoms. The van der Waals surface area contributed by atoms with Gasteiger partial charge >= 0.3 is 37.5 Å². The maximum atomic E-state index is 10.8. The molecule has 0 fully saturated rings. The van der Waals surface area contributed by atoms with E-state index in [4.69, 9.17) is 5.41 Å². The first-order valence-electron chi connectivity index (χ1n) is 4.25. The minimum absolute atomic E-state index is 0. The average Bonchev–Trinajstić information content (AvgIpc) is 2.45. The summed E-state index contributed by atoms with van der Waals surface area (Å²) in [6.45, 7) is 3.63. The zero-order chi connectivity index (χ0) is 12.8. The molecule has 0 aliphatic heterocycles. The number of aromatic nitrogens is 2. The largest absolute Gasteiger partial charge is 2.00 e. The van der Waals surface area contributed by atoms with Crippen molar-refractivity contribution in [3.63, 3.8) is 0 Å². The van der Waals surface area contributed by atoms with Gasteiger partial charge in [0.1, 0.15) is 0 Å². The number of halogens is 3. The van der Waals surface area contributed by atoms with Gasteiger partial charge in [-0.1, -0.05) is 5.69 Å². The summed E-state index contributed by atoms with van der Waals surface area (Å²) < 4.78 is 37.4. The molecule has 0 bridgehead atoms. The normalized spacial score (nSPS) is 10.0. The molecule has 0 aliphatic rings. The van der Waals surface area contributed by atoms with Gasteiger partial charge in [-0.15, -0.1) is 25.6 Å². The monoisotopic (exact) mass is 473 g/mol. The predicted molar refractivity (Wildman–Crippen MR) is 51.9 cm³/mol. The molecule has 0 aliphatic carbocycles. The summed E-state index contributed by atoms with van der Waals surface area (Å²) in [5, 5.41) is 6.73. The summed E-state index contributed by atoms with van der Waals surface area (Å²) in [5.41, 5.74) is 0.593. The fraction of sp³-hybridized carbons (Fsp3) is 0.444. The third-order valence-corrected chi connectivity index (χ3v) is 1.49. The van der Waals surface area contributed by atoms with E-state index in [1.54, 1.807) is 6.20 Å². The summed E-state index contributed by atoms with van der Waals surface area (Å²) in [6.07, 6.45) is -0.532. The van der Waals surface area contributed by atoms with Gasteiger partial charge in [0.05, 0.1) is 5.82 Å². The first kappa shape index (κ1) is 19.0. The molecule has 0 radical (unpaired) electrons. The van der Waals surface area contributed by atoms with E-state index in [-0.39, 0.29) is 31.1 Å². The van der Waals surface area contributed by atoms with Gasteiger partial charge in [0.25, 0.3) is 0 Å². The van der Waals surface area contributed by atoms with Crippen molar-refractivity contribution in [2.24, 2.45) is 7.05 Å². The van der Waals surface area contributed by atoms with Crippen LogP contribution in [0.25, 0.3) is 0 Å². The summed E-state index contributed by atoms with van der Waals surface area (Å²) >= 11 is 0. The molecule has 17 heavy (non-hydrogen) atoms. The van der Waals surface area contributed by atoms with Gasteiger partial charge < -0.3 is 14.7 Å². The van der Waals surface area contributed by atoms with E-state index in [2.05, 4.69) is 15.9 Å². The second kappa shape index (κ2) is 8.73. The van der Waals surface area contributed by atoms with Crippen LogP contribution in [0.5, 0.6) is 0 Å². The Morgan fingerprint density at radius 1 is 1.53 bits per heavy atom. The Labute approximate surface area is 121 Å². The zero-order valence-electron chi connectivity index (χ0n) is 9.59. The molecule has 0 saturated heterocycles. The summed E-state index contributed by atoms with van der Waals surface area (Å²) in [6, 6.07) is 0. The Morgan fingerprint density at radius 2 is 2.06 bits per heavy atom. The molecular weight excluding hydrogens is 461 g/mol. The number of ether oxygens (including phenoxy) is 1. The average molecular weight is 473 g/mol. The van der Waals surface area contributed by atoms with Crippen molar-refractivity contribution in [2.45, 2.75) is 20.2 Å². The van der Waals surface area contributed by atoms with E-state index in [9.17, 15) is 13.2 Å². The molecule has 0 atom stereocenters. The van der Waals surface area contributed by atoms with Gasteiger partial charge in [-0.05, 0) is 14.0 Å². The van der Waals surface area contributed by atoms with E-state index >= 15 is 0 Å². The van der Waals surface area contributed by atoms with E-state index in [1.807, 2.05) is 18.5 Å². The number of rotatable bonds is 2. The van der Waals surface area contributed by atoms with E-state index in [1.165, 1.54) is 0 Å². The van der Waals surface area contributed by atoms with Crippen LogP contribution in [-0.2, 0) is 11.8 Å². The van der Waals surface area contributed by atoms with E-state index in [0.717, 1.165) is 12.7 Å². The molecule has 0 saturated carbocycles. The van der Waals surface area contributed by atoms with Crippen LogP contribution in [-0.4, -0.2) is 22.1 Å². The molecule has 0 aromatic carbocycles. The van der Waals surface area contributed by atoms with Crippen LogP contribution in [0.2, 0.25) is 0 Å². The topological polar surface area (TPSA) is 50.9 Å². The summed E-state index contributed by atoms with van der Waals surface area (Å²) in [5.74, 6) is 0.907. The third kappa shape index (κ3) is 9.39. The van der Waals surface area contributed by atoms with Gasteiger partial charge in [-0.3, -0.25) is 4.98 Å². The number of hydrogen-bond donors (Lipinski definition) is 1. The van der Waals surface area contributed by atoms with Crippen LogP contribution in [0.3, 0.4) is 0 Å².